The lowest BCUT2D eigenvalue weighted by molar-refractivity contribution is -0.384. The van der Waals surface area contributed by atoms with Crippen LogP contribution < -0.4 is 0 Å². The largest absolute Gasteiger partial charge is 0.294 e. The Morgan fingerprint density at radius 1 is 1.04 bits per heavy atom. The molecular weight excluding hydrogens is 306 g/mol. The van der Waals surface area contributed by atoms with Crippen LogP contribution in [0.5, 0.6) is 0 Å². The first kappa shape index (κ1) is 16.9. The fourth-order valence-electron chi connectivity index (χ4n) is 2.42. The zero-order chi connectivity index (χ0) is 17.5. The van der Waals surface area contributed by atoms with Crippen molar-refractivity contribution >= 4 is 11.5 Å². The Morgan fingerprint density at radius 2 is 1.62 bits per heavy atom. The Morgan fingerprint density at radius 3 is 2.12 bits per heavy atom. The zero-order valence-electron chi connectivity index (χ0n) is 12.6. The molecule has 0 N–H and O–H groups in total. The molecule has 2 rings (SSSR count). The molecule has 1 unspecified atom stereocenters. The fraction of sp³-hybridized carbons (Fsp3) is 0.167. The standard InChI is InChI=1S/C18H13N3O3/c19-11-15(12-20)17(10-18(22)14-4-2-1-3-5-14)13-6-8-16(9-7-13)21(23)24/h1-9,15,17H,10H2. The highest BCUT2D eigenvalue weighted by Crippen LogP contribution is 2.30. The lowest BCUT2D eigenvalue weighted by Crippen LogP contribution is -2.15. The number of benzene rings is 2. The second-order valence-corrected chi connectivity index (χ2v) is 5.18. The summed E-state index contributed by atoms with van der Waals surface area (Å²) in [6.45, 7) is 0. The first-order valence-corrected chi connectivity index (χ1v) is 7.18. The Labute approximate surface area is 138 Å². The van der Waals surface area contributed by atoms with Crippen LogP contribution in [0.15, 0.2) is 54.6 Å². The van der Waals surface area contributed by atoms with Crippen LogP contribution >= 0.6 is 0 Å². The minimum Gasteiger partial charge on any atom is -0.294 e. The molecule has 0 aliphatic heterocycles. The van der Waals surface area contributed by atoms with Gasteiger partial charge in [0, 0.05) is 30.0 Å². The maximum absolute atomic E-state index is 12.4. The van der Waals surface area contributed by atoms with E-state index in [-0.39, 0.29) is 17.9 Å². The number of hydrogen-bond acceptors (Lipinski definition) is 5. The van der Waals surface area contributed by atoms with E-state index in [9.17, 15) is 25.4 Å². The van der Waals surface area contributed by atoms with E-state index in [0.29, 0.717) is 11.1 Å². The van der Waals surface area contributed by atoms with Crippen LogP contribution in [-0.4, -0.2) is 10.7 Å². The number of Topliss-reactive ketones (excluding diaryl/α,β-unsaturated/α-hetero) is 1. The van der Waals surface area contributed by atoms with Gasteiger partial charge < -0.3 is 0 Å². The van der Waals surface area contributed by atoms with Crippen molar-refractivity contribution in [2.45, 2.75) is 12.3 Å². The molecule has 2 aromatic carbocycles. The molecule has 0 bridgehead atoms. The van der Waals surface area contributed by atoms with Gasteiger partial charge in [0.25, 0.3) is 5.69 Å². The van der Waals surface area contributed by atoms with Crippen molar-refractivity contribution in [1.29, 1.82) is 10.5 Å². The highest BCUT2D eigenvalue weighted by atomic mass is 16.6. The number of ketones is 1. The van der Waals surface area contributed by atoms with E-state index in [1.807, 2.05) is 12.1 Å². The van der Waals surface area contributed by atoms with Gasteiger partial charge in [-0.25, -0.2) is 0 Å². The molecule has 0 spiro atoms. The number of nitro benzene ring substituents is 1. The first-order valence-electron chi connectivity index (χ1n) is 7.18. The molecule has 0 radical (unpaired) electrons. The summed E-state index contributed by atoms with van der Waals surface area (Å²) < 4.78 is 0. The van der Waals surface area contributed by atoms with Crippen LogP contribution in [0.4, 0.5) is 5.69 Å². The van der Waals surface area contributed by atoms with Gasteiger partial charge in [0.2, 0.25) is 0 Å². The van der Waals surface area contributed by atoms with E-state index in [1.54, 1.807) is 30.3 Å². The summed E-state index contributed by atoms with van der Waals surface area (Å²) in [7, 11) is 0. The predicted octanol–water partition coefficient (Wildman–Crippen LogP) is 3.61. The van der Waals surface area contributed by atoms with Crippen molar-refractivity contribution in [3.63, 3.8) is 0 Å². The van der Waals surface area contributed by atoms with Crippen LogP contribution in [0.2, 0.25) is 0 Å². The minimum atomic E-state index is -1.01. The van der Waals surface area contributed by atoms with Crippen molar-refractivity contribution in [2.24, 2.45) is 5.92 Å². The number of carbonyl (C=O) groups is 1. The summed E-state index contributed by atoms with van der Waals surface area (Å²) in [6.07, 6.45) is -0.0202. The third-order valence-corrected chi connectivity index (χ3v) is 3.71. The Balaban J connectivity index is 2.32. The van der Waals surface area contributed by atoms with Gasteiger partial charge in [-0.1, -0.05) is 42.5 Å². The van der Waals surface area contributed by atoms with Gasteiger partial charge in [-0.15, -0.1) is 0 Å². The molecule has 0 heterocycles. The first-order chi connectivity index (χ1) is 11.6. The summed E-state index contributed by atoms with van der Waals surface area (Å²) in [5.74, 6) is -1.85. The van der Waals surface area contributed by atoms with E-state index in [0.717, 1.165) is 0 Å². The van der Waals surface area contributed by atoms with Crippen LogP contribution in [0.25, 0.3) is 0 Å². The molecule has 1 atom stereocenters. The molecule has 0 aliphatic carbocycles. The summed E-state index contributed by atoms with van der Waals surface area (Å²) >= 11 is 0. The number of carbonyl (C=O) groups excluding carboxylic acids is 1. The molecule has 0 saturated carbocycles. The topological polar surface area (TPSA) is 108 Å². The van der Waals surface area contributed by atoms with Crippen molar-refractivity contribution in [2.75, 3.05) is 0 Å². The summed E-state index contributed by atoms with van der Waals surface area (Å²) in [6, 6.07) is 18.0. The smallest absolute Gasteiger partial charge is 0.269 e. The fourth-order valence-corrected chi connectivity index (χ4v) is 2.42. The highest BCUT2D eigenvalue weighted by molar-refractivity contribution is 5.96. The predicted molar refractivity (Wildman–Crippen MR) is 85.9 cm³/mol. The lowest BCUT2D eigenvalue weighted by Gasteiger charge is -2.17. The maximum atomic E-state index is 12.4. The van der Waals surface area contributed by atoms with E-state index < -0.39 is 16.8 Å². The van der Waals surface area contributed by atoms with Gasteiger partial charge in [-0.3, -0.25) is 14.9 Å². The molecular formula is C18H13N3O3. The van der Waals surface area contributed by atoms with Crippen molar-refractivity contribution in [3.05, 3.63) is 75.8 Å². The quantitative estimate of drug-likeness (QED) is 0.459. The summed E-state index contributed by atoms with van der Waals surface area (Å²) in [5, 5.41) is 29.1. The number of hydrogen-bond donors (Lipinski definition) is 0. The highest BCUT2D eigenvalue weighted by Gasteiger charge is 2.26. The molecule has 0 aliphatic rings. The molecule has 24 heavy (non-hydrogen) atoms. The van der Waals surface area contributed by atoms with Gasteiger partial charge in [0.05, 0.1) is 17.1 Å². The molecule has 6 nitrogen and oxygen atoms in total. The van der Waals surface area contributed by atoms with E-state index >= 15 is 0 Å². The number of nitriles is 2. The molecule has 6 heteroatoms. The van der Waals surface area contributed by atoms with Crippen LogP contribution in [0.1, 0.15) is 28.3 Å². The second kappa shape index (κ2) is 7.66. The van der Waals surface area contributed by atoms with Gasteiger partial charge in [0.1, 0.15) is 5.92 Å². The minimum absolute atomic E-state index is 0.0202. The maximum Gasteiger partial charge on any atom is 0.269 e. The van der Waals surface area contributed by atoms with Crippen LogP contribution in [0, 0.1) is 38.7 Å². The van der Waals surface area contributed by atoms with Crippen molar-refractivity contribution in [3.8, 4) is 12.1 Å². The van der Waals surface area contributed by atoms with E-state index in [2.05, 4.69) is 0 Å². The average Bonchev–Trinajstić information content (AvgIpc) is 2.62. The number of nitrogens with zero attached hydrogens (tertiary/aromatic N) is 3. The van der Waals surface area contributed by atoms with Gasteiger partial charge in [0.15, 0.2) is 5.78 Å². The SMILES string of the molecule is N#CC(C#N)C(CC(=O)c1ccccc1)c1ccc([N+](=O)[O-])cc1. The molecule has 0 saturated heterocycles. The summed E-state index contributed by atoms with van der Waals surface area (Å²) in [5.41, 5.74) is 0.967. The lowest BCUT2D eigenvalue weighted by atomic mass is 9.82. The second-order valence-electron chi connectivity index (χ2n) is 5.18. The van der Waals surface area contributed by atoms with E-state index in [4.69, 9.17) is 0 Å². The Kier molecular flexibility index (Phi) is 5.38. The normalized spacial score (nSPS) is 11.3. The summed E-state index contributed by atoms with van der Waals surface area (Å²) in [4.78, 5) is 22.6. The molecule has 2 aromatic rings. The average molecular weight is 319 g/mol. The van der Waals surface area contributed by atoms with Crippen molar-refractivity contribution in [1.82, 2.24) is 0 Å². The number of nitro groups is 1. The van der Waals surface area contributed by atoms with Crippen LogP contribution in [0.3, 0.4) is 0 Å². The Bertz CT molecular complexity index is 803. The third-order valence-electron chi connectivity index (χ3n) is 3.71. The third kappa shape index (κ3) is 3.82. The molecule has 118 valence electrons. The monoisotopic (exact) mass is 319 g/mol. The van der Waals surface area contributed by atoms with E-state index in [1.165, 1.54) is 24.3 Å². The van der Waals surface area contributed by atoms with Gasteiger partial charge >= 0.3 is 0 Å². The number of non-ortho nitro benzene ring substituents is 1. The number of rotatable bonds is 6. The van der Waals surface area contributed by atoms with Gasteiger partial charge in [-0.05, 0) is 5.56 Å². The Hall–Kier alpha value is -3.51. The molecule has 0 aromatic heterocycles. The molecule has 0 amide bonds. The van der Waals surface area contributed by atoms with Gasteiger partial charge in [-0.2, -0.15) is 10.5 Å². The zero-order valence-corrected chi connectivity index (χ0v) is 12.6. The van der Waals surface area contributed by atoms with Crippen LogP contribution in [-0.2, 0) is 0 Å². The van der Waals surface area contributed by atoms with Crippen molar-refractivity contribution < 1.29 is 9.72 Å². The molecule has 0 fully saturated rings.